The van der Waals surface area contributed by atoms with Gasteiger partial charge in [0.15, 0.2) is 0 Å². The van der Waals surface area contributed by atoms with Gasteiger partial charge in [0.05, 0.1) is 10.7 Å². The molecule has 1 aromatic heterocycles. The Morgan fingerprint density at radius 2 is 2.25 bits per heavy atom. The van der Waals surface area contributed by atoms with Crippen LogP contribution >= 0.6 is 11.3 Å². The fraction of sp³-hybridized carbons (Fsp3) is 0.333. The molecule has 0 saturated carbocycles. The number of nitrogens with zero attached hydrogens (tertiary/aromatic N) is 1. The van der Waals surface area contributed by atoms with Crippen LogP contribution < -0.4 is 10.1 Å². The van der Waals surface area contributed by atoms with Crippen molar-refractivity contribution >= 4 is 23.3 Å². The molecule has 2 rings (SSSR count). The average molecular weight is 346 g/mol. The van der Waals surface area contributed by atoms with Gasteiger partial charge < -0.3 is 15.2 Å². The Morgan fingerprint density at radius 1 is 1.46 bits per heavy atom. The molecule has 0 saturated heterocycles. The summed E-state index contributed by atoms with van der Waals surface area (Å²) in [5.41, 5.74) is 1.72. The SMILES string of the molecule is Cc1nc(COc2ccccc2/C=C/C(=O)NC(C)CCO)cs1. The molecule has 0 bridgehead atoms. The third kappa shape index (κ3) is 5.79. The van der Waals surface area contributed by atoms with Gasteiger partial charge in [-0.15, -0.1) is 11.3 Å². The van der Waals surface area contributed by atoms with Crippen molar-refractivity contribution in [1.82, 2.24) is 10.3 Å². The fourth-order valence-corrected chi connectivity index (χ4v) is 2.70. The van der Waals surface area contributed by atoms with E-state index in [9.17, 15) is 4.79 Å². The molecular formula is C18H22N2O3S. The number of aliphatic hydroxyl groups excluding tert-OH is 1. The highest BCUT2D eigenvalue weighted by Crippen LogP contribution is 2.21. The predicted octanol–water partition coefficient (Wildman–Crippen LogP) is 2.93. The Balaban J connectivity index is 1.97. The summed E-state index contributed by atoms with van der Waals surface area (Å²) in [6.07, 6.45) is 3.73. The minimum atomic E-state index is -0.194. The normalized spacial score (nSPS) is 12.3. The third-order valence-corrected chi connectivity index (χ3v) is 4.15. The number of carbonyl (C=O) groups is 1. The summed E-state index contributed by atoms with van der Waals surface area (Å²) >= 11 is 1.59. The molecule has 24 heavy (non-hydrogen) atoms. The van der Waals surface area contributed by atoms with Crippen molar-refractivity contribution in [3.05, 3.63) is 52.0 Å². The number of hydrogen-bond acceptors (Lipinski definition) is 5. The number of rotatable bonds is 8. The Bertz CT molecular complexity index is 697. The van der Waals surface area contributed by atoms with Crippen LogP contribution in [0.25, 0.3) is 6.08 Å². The van der Waals surface area contributed by atoms with Crippen molar-refractivity contribution in [3.8, 4) is 5.75 Å². The molecule has 5 nitrogen and oxygen atoms in total. The van der Waals surface area contributed by atoms with Gasteiger partial charge in [0.2, 0.25) is 5.91 Å². The number of ether oxygens (including phenoxy) is 1. The van der Waals surface area contributed by atoms with Crippen LogP contribution in [0, 0.1) is 6.92 Å². The molecule has 0 aliphatic rings. The lowest BCUT2D eigenvalue weighted by atomic mass is 10.2. The predicted molar refractivity (Wildman–Crippen MR) is 96.0 cm³/mol. The first-order chi connectivity index (χ1) is 11.6. The Kier molecular flexibility index (Phi) is 6.96. The van der Waals surface area contributed by atoms with Crippen molar-refractivity contribution in [2.45, 2.75) is 32.9 Å². The van der Waals surface area contributed by atoms with Gasteiger partial charge >= 0.3 is 0 Å². The number of thiazole rings is 1. The molecule has 1 unspecified atom stereocenters. The van der Waals surface area contributed by atoms with Crippen molar-refractivity contribution < 1.29 is 14.6 Å². The minimum absolute atomic E-state index is 0.0535. The zero-order valence-corrected chi connectivity index (χ0v) is 14.7. The van der Waals surface area contributed by atoms with Crippen molar-refractivity contribution in [2.24, 2.45) is 0 Å². The van der Waals surface area contributed by atoms with Gasteiger partial charge in [-0.25, -0.2) is 4.98 Å². The van der Waals surface area contributed by atoms with E-state index in [1.807, 2.05) is 43.5 Å². The van der Waals surface area contributed by atoms with Crippen LogP contribution in [0.15, 0.2) is 35.7 Å². The topological polar surface area (TPSA) is 71.5 Å². The van der Waals surface area contributed by atoms with Crippen LogP contribution in [0.4, 0.5) is 0 Å². The summed E-state index contributed by atoms with van der Waals surface area (Å²) in [5.74, 6) is 0.511. The lowest BCUT2D eigenvalue weighted by Crippen LogP contribution is -2.31. The van der Waals surface area contributed by atoms with E-state index < -0.39 is 0 Å². The molecule has 0 spiro atoms. The zero-order valence-electron chi connectivity index (χ0n) is 13.9. The summed E-state index contributed by atoms with van der Waals surface area (Å²) < 4.78 is 5.82. The first-order valence-corrected chi connectivity index (χ1v) is 8.68. The maximum Gasteiger partial charge on any atom is 0.244 e. The molecular weight excluding hydrogens is 324 g/mol. The Labute approximate surface area is 146 Å². The number of carbonyl (C=O) groups excluding carboxylic acids is 1. The van der Waals surface area contributed by atoms with E-state index in [1.165, 1.54) is 6.08 Å². The van der Waals surface area contributed by atoms with E-state index in [-0.39, 0.29) is 18.6 Å². The second kappa shape index (κ2) is 9.20. The molecule has 2 aromatic rings. The number of aliphatic hydroxyl groups is 1. The van der Waals surface area contributed by atoms with Gasteiger partial charge in [-0.3, -0.25) is 4.79 Å². The lowest BCUT2D eigenvalue weighted by Gasteiger charge is -2.10. The zero-order chi connectivity index (χ0) is 17.4. The van der Waals surface area contributed by atoms with Gasteiger partial charge in [0.25, 0.3) is 0 Å². The smallest absolute Gasteiger partial charge is 0.244 e. The van der Waals surface area contributed by atoms with E-state index in [1.54, 1.807) is 17.4 Å². The molecule has 1 atom stereocenters. The van der Waals surface area contributed by atoms with E-state index >= 15 is 0 Å². The standard InChI is InChI=1S/C18H22N2O3S/c1-13(9-10-21)19-18(22)8-7-15-5-3-4-6-17(15)23-11-16-12-24-14(2)20-16/h3-8,12-13,21H,9-11H2,1-2H3,(H,19,22)/b8-7+. The monoisotopic (exact) mass is 346 g/mol. The highest BCUT2D eigenvalue weighted by molar-refractivity contribution is 7.09. The van der Waals surface area contributed by atoms with E-state index in [0.29, 0.717) is 18.8 Å². The van der Waals surface area contributed by atoms with Crippen molar-refractivity contribution in [1.29, 1.82) is 0 Å². The van der Waals surface area contributed by atoms with Gasteiger partial charge in [0.1, 0.15) is 12.4 Å². The quantitative estimate of drug-likeness (QED) is 0.721. The molecule has 0 aliphatic heterocycles. The average Bonchev–Trinajstić information content (AvgIpc) is 2.97. The molecule has 1 heterocycles. The second-order valence-electron chi connectivity index (χ2n) is 5.44. The maximum absolute atomic E-state index is 11.9. The lowest BCUT2D eigenvalue weighted by molar-refractivity contribution is -0.117. The van der Waals surface area contributed by atoms with Crippen LogP contribution in [0.1, 0.15) is 29.6 Å². The molecule has 6 heteroatoms. The summed E-state index contributed by atoms with van der Waals surface area (Å²) in [7, 11) is 0. The second-order valence-corrected chi connectivity index (χ2v) is 6.50. The largest absolute Gasteiger partial charge is 0.487 e. The molecule has 0 radical (unpaired) electrons. The number of nitrogens with one attached hydrogen (secondary N) is 1. The van der Waals surface area contributed by atoms with E-state index in [2.05, 4.69) is 10.3 Å². The fourth-order valence-electron chi connectivity index (χ4n) is 2.10. The molecule has 0 fully saturated rings. The van der Waals surface area contributed by atoms with Gasteiger partial charge in [0, 0.05) is 29.7 Å². The first-order valence-electron chi connectivity index (χ1n) is 7.80. The highest BCUT2D eigenvalue weighted by atomic mass is 32.1. The number of amides is 1. The van der Waals surface area contributed by atoms with Gasteiger partial charge in [-0.1, -0.05) is 18.2 Å². The molecule has 0 aliphatic carbocycles. The minimum Gasteiger partial charge on any atom is -0.487 e. The molecule has 2 N–H and O–H groups in total. The molecule has 128 valence electrons. The van der Waals surface area contributed by atoms with Gasteiger partial charge in [-0.05, 0) is 32.4 Å². The number of benzene rings is 1. The maximum atomic E-state index is 11.9. The number of aromatic nitrogens is 1. The van der Waals surface area contributed by atoms with E-state index in [0.717, 1.165) is 16.3 Å². The first kappa shape index (κ1) is 18.2. The summed E-state index contributed by atoms with van der Waals surface area (Å²) in [4.78, 5) is 16.2. The van der Waals surface area contributed by atoms with E-state index in [4.69, 9.17) is 9.84 Å². The summed E-state index contributed by atoms with van der Waals surface area (Å²) in [6.45, 7) is 4.27. The van der Waals surface area contributed by atoms with Gasteiger partial charge in [-0.2, -0.15) is 0 Å². The van der Waals surface area contributed by atoms with Crippen molar-refractivity contribution in [3.63, 3.8) is 0 Å². The molecule has 1 aromatic carbocycles. The van der Waals surface area contributed by atoms with Crippen LogP contribution in [0.5, 0.6) is 5.75 Å². The Morgan fingerprint density at radius 3 is 2.96 bits per heavy atom. The highest BCUT2D eigenvalue weighted by Gasteiger charge is 2.06. The number of para-hydroxylation sites is 1. The number of aryl methyl sites for hydroxylation is 1. The summed E-state index contributed by atoms with van der Waals surface area (Å²) in [5, 5.41) is 14.6. The van der Waals surface area contributed by atoms with Crippen LogP contribution in [0.3, 0.4) is 0 Å². The Hall–Kier alpha value is -2.18. The molecule has 1 amide bonds. The number of hydrogen-bond donors (Lipinski definition) is 2. The van der Waals surface area contributed by atoms with Crippen LogP contribution in [-0.4, -0.2) is 28.6 Å². The van der Waals surface area contributed by atoms with Crippen LogP contribution in [0.2, 0.25) is 0 Å². The van der Waals surface area contributed by atoms with Crippen LogP contribution in [-0.2, 0) is 11.4 Å². The van der Waals surface area contributed by atoms with Crippen molar-refractivity contribution in [2.75, 3.05) is 6.61 Å². The summed E-state index contributed by atoms with van der Waals surface area (Å²) in [6, 6.07) is 7.48. The third-order valence-electron chi connectivity index (χ3n) is 3.33.